The van der Waals surface area contributed by atoms with Gasteiger partial charge in [0.2, 0.25) is 0 Å². The molecule has 4 heteroatoms. The minimum Gasteiger partial charge on any atom is -0.495 e. The van der Waals surface area contributed by atoms with Gasteiger partial charge in [0.1, 0.15) is 11.6 Å². The molecule has 2 aromatic heterocycles. The van der Waals surface area contributed by atoms with Gasteiger partial charge in [0, 0.05) is 6.04 Å². The molecule has 0 amide bonds. The fraction of sp³-hybridized carbons (Fsp3) is 0.533. The van der Waals surface area contributed by atoms with Gasteiger partial charge in [0.25, 0.3) is 0 Å². The molecule has 0 radical (unpaired) electrons. The van der Waals surface area contributed by atoms with Crippen molar-refractivity contribution in [1.82, 2.24) is 14.3 Å². The van der Waals surface area contributed by atoms with Crippen molar-refractivity contribution in [1.29, 1.82) is 0 Å². The highest BCUT2D eigenvalue weighted by Gasteiger charge is 2.30. The van der Waals surface area contributed by atoms with Gasteiger partial charge >= 0.3 is 0 Å². The van der Waals surface area contributed by atoms with Crippen molar-refractivity contribution in [2.75, 3.05) is 13.7 Å². The number of nitrogens with zero attached hydrogens (tertiary/aromatic N) is 3. The van der Waals surface area contributed by atoms with Crippen molar-refractivity contribution in [2.45, 2.75) is 38.8 Å². The summed E-state index contributed by atoms with van der Waals surface area (Å²) in [6, 6.07) is 5.03. The molecule has 0 spiro atoms. The second-order valence-corrected chi connectivity index (χ2v) is 5.47. The van der Waals surface area contributed by atoms with Gasteiger partial charge in [-0.25, -0.2) is 4.98 Å². The van der Waals surface area contributed by atoms with E-state index in [0.717, 1.165) is 17.1 Å². The molecule has 3 rings (SSSR count). The van der Waals surface area contributed by atoms with Crippen molar-refractivity contribution >= 4 is 5.52 Å². The number of hydrogen-bond donors (Lipinski definition) is 0. The largest absolute Gasteiger partial charge is 0.495 e. The molecule has 0 aromatic carbocycles. The Labute approximate surface area is 114 Å². The zero-order valence-electron chi connectivity index (χ0n) is 11.8. The van der Waals surface area contributed by atoms with Crippen LogP contribution in [0.5, 0.6) is 5.75 Å². The molecule has 0 aliphatic carbocycles. The summed E-state index contributed by atoms with van der Waals surface area (Å²) in [5, 5.41) is 0. The molecule has 102 valence electrons. The maximum atomic E-state index is 5.32. The summed E-state index contributed by atoms with van der Waals surface area (Å²) in [7, 11) is 1.70. The molecule has 19 heavy (non-hydrogen) atoms. The highest BCUT2D eigenvalue weighted by atomic mass is 16.5. The average molecular weight is 259 g/mol. The van der Waals surface area contributed by atoms with Gasteiger partial charge in [-0.2, -0.15) is 0 Å². The van der Waals surface area contributed by atoms with E-state index in [1.807, 2.05) is 18.5 Å². The van der Waals surface area contributed by atoms with Crippen molar-refractivity contribution < 1.29 is 4.74 Å². The van der Waals surface area contributed by atoms with Crippen LogP contribution in [-0.4, -0.2) is 34.0 Å². The number of hydrogen-bond acceptors (Lipinski definition) is 3. The quantitative estimate of drug-likeness (QED) is 0.849. The van der Waals surface area contributed by atoms with Crippen molar-refractivity contribution in [3.05, 3.63) is 30.4 Å². The molecular formula is C15H21N3O. The molecule has 1 aliphatic heterocycles. The standard InChI is InChI=1S/C15H21N3O/c1-11(2)17-8-4-5-14(17)15-16-9-12-6-7-13(19-3)10-18(12)15/h6-7,9-11,14H,4-5,8H2,1-3H3. The summed E-state index contributed by atoms with van der Waals surface area (Å²) in [5.41, 5.74) is 1.13. The molecular weight excluding hydrogens is 238 g/mol. The lowest BCUT2D eigenvalue weighted by Gasteiger charge is -2.27. The van der Waals surface area contributed by atoms with Crippen LogP contribution < -0.4 is 4.74 Å². The highest BCUT2D eigenvalue weighted by Crippen LogP contribution is 2.33. The number of aromatic nitrogens is 2. The van der Waals surface area contributed by atoms with Gasteiger partial charge in [-0.05, 0) is 45.4 Å². The molecule has 1 fully saturated rings. The van der Waals surface area contributed by atoms with E-state index in [1.54, 1.807) is 7.11 Å². The maximum Gasteiger partial charge on any atom is 0.135 e. The Hall–Kier alpha value is -1.55. The summed E-state index contributed by atoms with van der Waals surface area (Å²) in [6.45, 7) is 5.69. The van der Waals surface area contributed by atoms with Crippen molar-refractivity contribution in [2.24, 2.45) is 0 Å². The first-order valence-electron chi connectivity index (χ1n) is 6.97. The van der Waals surface area contributed by atoms with Gasteiger partial charge < -0.3 is 4.74 Å². The number of rotatable bonds is 3. The van der Waals surface area contributed by atoms with E-state index in [0.29, 0.717) is 12.1 Å². The van der Waals surface area contributed by atoms with Crippen molar-refractivity contribution in [3.8, 4) is 5.75 Å². The number of fused-ring (bicyclic) bond motifs is 1. The van der Waals surface area contributed by atoms with E-state index in [2.05, 4.69) is 34.2 Å². The first kappa shape index (κ1) is 12.5. The molecule has 1 saturated heterocycles. The van der Waals surface area contributed by atoms with Crippen LogP contribution in [0, 0.1) is 0 Å². The van der Waals surface area contributed by atoms with Crippen LogP contribution in [0.25, 0.3) is 5.52 Å². The average Bonchev–Trinajstić information content (AvgIpc) is 3.03. The number of pyridine rings is 1. The van der Waals surface area contributed by atoms with Crippen LogP contribution in [-0.2, 0) is 0 Å². The summed E-state index contributed by atoms with van der Waals surface area (Å²) >= 11 is 0. The zero-order valence-corrected chi connectivity index (χ0v) is 11.8. The number of likely N-dealkylation sites (tertiary alicyclic amines) is 1. The third-order valence-electron chi connectivity index (χ3n) is 4.02. The minimum absolute atomic E-state index is 0.426. The molecule has 1 atom stereocenters. The fourth-order valence-corrected chi connectivity index (χ4v) is 3.04. The lowest BCUT2D eigenvalue weighted by molar-refractivity contribution is 0.198. The molecule has 0 saturated carbocycles. The Morgan fingerprint density at radius 3 is 2.95 bits per heavy atom. The first-order valence-corrected chi connectivity index (χ1v) is 6.97. The van der Waals surface area contributed by atoms with Gasteiger partial charge in [0.05, 0.1) is 31.1 Å². The lowest BCUT2D eigenvalue weighted by Crippen LogP contribution is -2.31. The smallest absolute Gasteiger partial charge is 0.135 e. The van der Waals surface area contributed by atoms with E-state index in [1.165, 1.54) is 19.4 Å². The van der Waals surface area contributed by atoms with Gasteiger partial charge in [-0.15, -0.1) is 0 Å². The van der Waals surface area contributed by atoms with Crippen LogP contribution in [0.4, 0.5) is 0 Å². The van der Waals surface area contributed by atoms with Crippen LogP contribution in [0.2, 0.25) is 0 Å². The molecule has 3 heterocycles. The van der Waals surface area contributed by atoms with E-state index in [9.17, 15) is 0 Å². The Bertz CT molecular complexity index is 576. The highest BCUT2D eigenvalue weighted by molar-refractivity contribution is 5.48. The van der Waals surface area contributed by atoms with Crippen molar-refractivity contribution in [3.63, 3.8) is 0 Å². The SMILES string of the molecule is COc1ccc2cnc(C3CCCN3C(C)C)n2c1. The second-order valence-electron chi connectivity index (χ2n) is 5.47. The third-order valence-corrected chi connectivity index (χ3v) is 4.02. The minimum atomic E-state index is 0.426. The first-order chi connectivity index (χ1) is 9.20. The summed E-state index contributed by atoms with van der Waals surface area (Å²) in [6.07, 6.45) is 6.43. The molecule has 2 aromatic rings. The van der Waals surface area contributed by atoms with Crippen LogP contribution in [0.3, 0.4) is 0 Å². The topological polar surface area (TPSA) is 29.8 Å². The van der Waals surface area contributed by atoms with E-state index < -0.39 is 0 Å². The van der Waals surface area contributed by atoms with E-state index in [-0.39, 0.29) is 0 Å². The lowest BCUT2D eigenvalue weighted by atomic mass is 10.2. The predicted molar refractivity (Wildman–Crippen MR) is 75.6 cm³/mol. The zero-order chi connectivity index (χ0) is 13.4. The molecule has 4 nitrogen and oxygen atoms in total. The molecule has 0 N–H and O–H groups in total. The van der Waals surface area contributed by atoms with Gasteiger partial charge in [-0.1, -0.05) is 0 Å². The Kier molecular flexibility index (Phi) is 3.19. The van der Waals surface area contributed by atoms with Gasteiger partial charge in [-0.3, -0.25) is 9.30 Å². The summed E-state index contributed by atoms with van der Waals surface area (Å²) in [5.74, 6) is 2.01. The Morgan fingerprint density at radius 1 is 1.37 bits per heavy atom. The third kappa shape index (κ3) is 2.10. The van der Waals surface area contributed by atoms with Crippen LogP contribution in [0.1, 0.15) is 38.6 Å². The Morgan fingerprint density at radius 2 is 2.21 bits per heavy atom. The number of imidazole rings is 1. The maximum absolute atomic E-state index is 5.32. The van der Waals surface area contributed by atoms with Crippen LogP contribution in [0.15, 0.2) is 24.5 Å². The second kappa shape index (κ2) is 4.85. The Balaban J connectivity index is 2.04. The molecule has 0 bridgehead atoms. The number of methoxy groups -OCH3 is 1. The molecule has 1 aliphatic rings. The molecule has 1 unspecified atom stereocenters. The predicted octanol–water partition coefficient (Wildman–Crippen LogP) is 2.89. The van der Waals surface area contributed by atoms with E-state index in [4.69, 9.17) is 4.74 Å². The monoisotopic (exact) mass is 259 g/mol. The fourth-order valence-electron chi connectivity index (χ4n) is 3.04. The van der Waals surface area contributed by atoms with Gasteiger partial charge in [0.15, 0.2) is 0 Å². The summed E-state index contributed by atoms with van der Waals surface area (Å²) < 4.78 is 7.49. The summed E-state index contributed by atoms with van der Waals surface area (Å²) in [4.78, 5) is 7.19. The van der Waals surface area contributed by atoms with E-state index >= 15 is 0 Å². The van der Waals surface area contributed by atoms with Crippen LogP contribution >= 0.6 is 0 Å². The number of ether oxygens (including phenoxy) is 1. The normalized spacial score (nSPS) is 20.5.